The third kappa shape index (κ3) is 8.96. The van der Waals surface area contributed by atoms with Crippen molar-refractivity contribution in [2.45, 2.75) is 20.3 Å². The fourth-order valence-corrected chi connectivity index (χ4v) is 2.17. The molecule has 0 bridgehead atoms. The Morgan fingerprint density at radius 2 is 1.93 bits per heavy atom. The number of rotatable bonds is 6. The van der Waals surface area contributed by atoms with Gasteiger partial charge in [0.05, 0.1) is 6.61 Å². The molecule has 0 amide bonds. The number of hydrogen-bond donors (Lipinski definition) is 2. The highest BCUT2D eigenvalue weighted by molar-refractivity contribution is 7.60. The topological polar surface area (TPSA) is 113 Å². The fraction of sp³-hybridized carbons (Fsp3) is 0.667. The van der Waals surface area contributed by atoms with Crippen molar-refractivity contribution in [2.24, 2.45) is 0 Å². The van der Waals surface area contributed by atoms with Crippen LogP contribution in [0, 0.1) is 0 Å². The quantitative estimate of drug-likeness (QED) is 0.557. The van der Waals surface area contributed by atoms with Crippen molar-refractivity contribution in [1.29, 1.82) is 0 Å². The summed E-state index contributed by atoms with van der Waals surface area (Å²) in [5.74, 6) is 0. The molecule has 0 aliphatic rings. The predicted molar refractivity (Wildman–Crippen MR) is 51.4 cm³/mol. The highest BCUT2D eigenvalue weighted by atomic mass is 31.3. The van der Waals surface area contributed by atoms with Gasteiger partial charge in [-0.25, -0.2) is 9.13 Å². The van der Waals surface area contributed by atoms with E-state index in [4.69, 9.17) is 9.79 Å². The lowest BCUT2D eigenvalue weighted by atomic mass is 10.2. The Bertz CT molecular complexity index is 317. The first-order valence-corrected chi connectivity index (χ1v) is 6.99. The molecule has 7 nitrogen and oxygen atoms in total. The average molecular weight is 259 g/mol. The molecule has 0 aliphatic heterocycles. The van der Waals surface area contributed by atoms with Gasteiger partial charge in [0.15, 0.2) is 0 Å². The second-order valence-corrected chi connectivity index (χ2v) is 5.52. The molecule has 1 radical (unpaired) electrons. The van der Waals surface area contributed by atoms with Crippen LogP contribution < -0.4 is 0 Å². The van der Waals surface area contributed by atoms with E-state index in [1.807, 2.05) is 0 Å². The zero-order valence-electron chi connectivity index (χ0n) is 8.32. The van der Waals surface area contributed by atoms with Crippen molar-refractivity contribution in [3.8, 4) is 0 Å². The van der Waals surface area contributed by atoms with Crippen molar-refractivity contribution in [3.05, 3.63) is 11.6 Å². The zero-order valence-corrected chi connectivity index (χ0v) is 10.1. The molecule has 2 N–H and O–H groups in total. The summed E-state index contributed by atoms with van der Waals surface area (Å²) in [6.07, 6.45) is 2.13. The van der Waals surface area contributed by atoms with Gasteiger partial charge in [0.25, 0.3) is 0 Å². The van der Waals surface area contributed by atoms with Crippen molar-refractivity contribution < 1.29 is 32.6 Å². The van der Waals surface area contributed by atoms with E-state index in [1.165, 1.54) is 0 Å². The van der Waals surface area contributed by atoms with Crippen LogP contribution in [0.25, 0.3) is 0 Å². The highest BCUT2D eigenvalue weighted by Crippen LogP contribution is 2.58. The molecule has 0 rings (SSSR count). The highest BCUT2D eigenvalue weighted by Gasteiger charge is 2.33. The van der Waals surface area contributed by atoms with Gasteiger partial charge >= 0.3 is 15.6 Å². The maximum atomic E-state index is 10.9. The minimum Gasteiger partial charge on any atom is -0.302 e. The Morgan fingerprint density at radius 3 is 2.33 bits per heavy atom. The molecule has 0 aromatic rings. The van der Waals surface area contributed by atoms with Gasteiger partial charge in [0.1, 0.15) is 0 Å². The van der Waals surface area contributed by atoms with E-state index in [1.54, 1.807) is 19.9 Å². The average Bonchev–Trinajstić information content (AvgIpc) is 1.98. The van der Waals surface area contributed by atoms with E-state index < -0.39 is 15.6 Å². The minimum atomic E-state index is -5.26. The summed E-state index contributed by atoms with van der Waals surface area (Å²) in [6, 6.07) is 0. The maximum Gasteiger partial charge on any atom is 0.508 e. The van der Waals surface area contributed by atoms with Crippen LogP contribution in [0.4, 0.5) is 0 Å². The van der Waals surface area contributed by atoms with E-state index in [0.29, 0.717) is 6.42 Å². The molecule has 0 aliphatic carbocycles. The van der Waals surface area contributed by atoms with Crippen molar-refractivity contribution in [1.82, 2.24) is 0 Å². The van der Waals surface area contributed by atoms with Crippen LogP contribution in [0.2, 0.25) is 0 Å². The summed E-state index contributed by atoms with van der Waals surface area (Å²) in [7, 11) is -9.99. The summed E-state index contributed by atoms with van der Waals surface area (Å²) in [5.41, 5.74) is 0.907. The van der Waals surface area contributed by atoms with E-state index in [9.17, 15) is 14.0 Å². The number of phosphoric ester groups is 1. The third-order valence-electron chi connectivity index (χ3n) is 1.45. The first-order chi connectivity index (χ1) is 6.66. The first-order valence-electron chi connectivity index (χ1n) is 4.00. The Kier molecular flexibility index (Phi) is 5.92. The molecule has 9 heteroatoms. The van der Waals surface area contributed by atoms with Crippen LogP contribution >= 0.6 is 15.6 Å². The number of phosphoric acid groups is 1. The SMILES string of the molecule is C/C=C(/C)CCOP(=O)(O)OP([O])(=O)O. The van der Waals surface area contributed by atoms with Crippen LogP contribution in [0.3, 0.4) is 0 Å². The number of hydrogen-bond acceptors (Lipinski definition) is 4. The molecule has 0 spiro atoms. The summed E-state index contributed by atoms with van der Waals surface area (Å²) in [4.78, 5) is 27.1. The molecule has 0 saturated heterocycles. The van der Waals surface area contributed by atoms with Crippen LogP contribution in [0.5, 0.6) is 0 Å². The normalized spacial score (nSPS) is 17.5. The molecular weight excluding hydrogens is 246 g/mol. The first kappa shape index (κ1) is 15.0. The van der Waals surface area contributed by atoms with Gasteiger partial charge in [-0.15, -0.1) is 4.89 Å². The molecule has 0 aromatic carbocycles. The second kappa shape index (κ2) is 5.92. The largest absolute Gasteiger partial charge is 0.508 e. The van der Waals surface area contributed by atoms with Crippen LogP contribution in [0.15, 0.2) is 11.6 Å². The van der Waals surface area contributed by atoms with Crippen LogP contribution in [-0.2, 0) is 22.9 Å². The summed E-state index contributed by atoms with van der Waals surface area (Å²) in [6.45, 7) is 3.38. The molecule has 0 heterocycles. The van der Waals surface area contributed by atoms with Crippen LogP contribution in [-0.4, -0.2) is 16.4 Å². The Labute approximate surface area is 87.6 Å². The molecule has 2 unspecified atom stereocenters. The molecule has 89 valence electrons. The van der Waals surface area contributed by atoms with Crippen molar-refractivity contribution in [3.63, 3.8) is 0 Å². The smallest absolute Gasteiger partial charge is 0.302 e. The fourth-order valence-electron chi connectivity index (χ4n) is 0.620. The van der Waals surface area contributed by atoms with Gasteiger partial charge in [-0.3, -0.25) is 4.52 Å². The molecule has 15 heavy (non-hydrogen) atoms. The van der Waals surface area contributed by atoms with E-state index >= 15 is 0 Å². The van der Waals surface area contributed by atoms with E-state index in [-0.39, 0.29) is 6.61 Å². The summed E-state index contributed by atoms with van der Waals surface area (Å²) >= 11 is 0. The van der Waals surface area contributed by atoms with Gasteiger partial charge < -0.3 is 9.79 Å². The molecule has 2 atom stereocenters. The van der Waals surface area contributed by atoms with Gasteiger partial charge in [-0.05, 0) is 20.3 Å². The monoisotopic (exact) mass is 259 g/mol. The lowest BCUT2D eigenvalue weighted by molar-refractivity contribution is 0.168. The van der Waals surface area contributed by atoms with E-state index in [2.05, 4.69) is 8.83 Å². The number of allylic oxidation sites excluding steroid dienone is 1. The van der Waals surface area contributed by atoms with Crippen molar-refractivity contribution in [2.75, 3.05) is 6.61 Å². The Hall–Kier alpha value is -0.0000000000000000486. The Morgan fingerprint density at radius 1 is 1.40 bits per heavy atom. The predicted octanol–water partition coefficient (Wildman–Crippen LogP) is 2.01. The minimum absolute atomic E-state index is 0.177. The van der Waals surface area contributed by atoms with Crippen molar-refractivity contribution >= 4 is 15.6 Å². The van der Waals surface area contributed by atoms with Gasteiger partial charge in [-0.1, -0.05) is 11.6 Å². The summed E-state index contributed by atoms with van der Waals surface area (Å²) in [5, 5.41) is 0. The maximum absolute atomic E-state index is 10.9. The lowest BCUT2D eigenvalue weighted by Crippen LogP contribution is -1.96. The molecule has 0 aromatic heterocycles. The summed E-state index contributed by atoms with van der Waals surface area (Å²) < 4.78 is 28.8. The van der Waals surface area contributed by atoms with E-state index in [0.717, 1.165) is 5.57 Å². The lowest BCUT2D eigenvalue weighted by Gasteiger charge is -2.11. The third-order valence-corrected chi connectivity index (χ3v) is 3.61. The Balaban J connectivity index is 4.06. The standard InChI is InChI=1S/C6H13O7P2/c1-3-6(2)4-5-12-15(10,11)13-14(7,8)9/h3H,4-5H2,1-2H3,(H,7,8)(H,10,11)/b6-3-. The molecule has 0 fully saturated rings. The van der Waals surface area contributed by atoms with Gasteiger partial charge in [-0.2, -0.15) is 4.31 Å². The van der Waals surface area contributed by atoms with Gasteiger partial charge in [0.2, 0.25) is 0 Å². The van der Waals surface area contributed by atoms with Crippen LogP contribution in [0.1, 0.15) is 20.3 Å². The molecule has 0 saturated carbocycles. The van der Waals surface area contributed by atoms with Gasteiger partial charge in [0, 0.05) is 0 Å². The molecular formula is C6H13O7P2. The second-order valence-electron chi connectivity index (χ2n) is 2.74. The zero-order chi connectivity index (χ0) is 12.1.